The largest absolute Gasteiger partial charge is 0.360 e. The third kappa shape index (κ3) is 3.96. The summed E-state index contributed by atoms with van der Waals surface area (Å²) in [6.07, 6.45) is 4.91. The molecule has 1 saturated heterocycles. The van der Waals surface area contributed by atoms with Crippen LogP contribution in [0.3, 0.4) is 0 Å². The van der Waals surface area contributed by atoms with Crippen LogP contribution in [0.15, 0.2) is 6.20 Å². The zero-order valence-corrected chi connectivity index (χ0v) is 12.4. The zero-order valence-electron chi connectivity index (χ0n) is 11.7. The number of carbonyl (C=O) groups excluding carboxylic acids is 1. The van der Waals surface area contributed by atoms with Crippen LogP contribution < -0.4 is 10.6 Å². The van der Waals surface area contributed by atoms with E-state index >= 15 is 0 Å². The molecule has 0 saturated carbocycles. The van der Waals surface area contributed by atoms with Crippen molar-refractivity contribution < 1.29 is 4.79 Å². The number of likely N-dealkylation sites (tertiary alicyclic amines) is 1. The summed E-state index contributed by atoms with van der Waals surface area (Å²) in [5, 5.41) is 6.42. The first-order valence-corrected chi connectivity index (χ1v) is 7.36. The van der Waals surface area contributed by atoms with E-state index in [9.17, 15) is 4.79 Å². The smallest absolute Gasteiger partial charge is 0.241 e. The van der Waals surface area contributed by atoms with E-state index in [1.54, 1.807) is 0 Å². The molecule has 0 atom stereocenters. The number of anilines is 2. The minimum absolute atomic E-state index is 0.0874. The number of aromatic nitrogens is 2. The summed E-state index contributed by atoms with van der Waals surface area (Å²) in [6.45, 7) is 4.60. The fourth-order valence-electron chi connectivity index (χ4n) is 2.15. The molecule has 0 bridgehead atoms. The van der Waals surface area contributed by atoms with Crippen LogP contribution >= 0.6 is 11.6 Å². The summed E-state index contributed by atoms with van der Waals surface area (Å²) < 4.78 is 0. The molecule has 1 aromatic heterocycles. The highest BCUT2D eigenvalue weighted by molar-refractivity contribution is 6.32. The van der Waals surface area contributed by atoms with Gasteiger partial charge >= 0.3 is 0 Å². The van der Waals surface area contributed by atoms with E-state index < -0.39 is 0 Å². The van der Waals surface area contributed by atoms with Gasteiger partial charge in [-0.2, -0.15) is 4.98 Å². The molecule has 1 amide bonds. The molecule has 6 nitrogen and oxygen atoms in total. The van der Waals surface area contributed by atoms with Crippen molar-refractivity contribution in [3.8, 4) is 0 Å². The topological polar surface area (TPSA) is 70.2 Å². The Balaban J connectivity index is 1.92. The van der Waals surface area contributed by atoms with Crippen LogP contribution in [0.2, 0.25) is 5.02 Å². The quantitative estimate of drug-likeness (QED) is 0.870. The lowest BCUT2D eigenvalue weighted by Gasteiger charge is -2.26. The van der Waals surface area contributed by atoms with Gasteiger partial charge in [0.1, 0.15) is 5.02 Å². The van der Waals surface area contributed by atoms with Crippen molar-refractivity contribution >= 4 is 29.3 Å². The van der Waals surface area contributed by atoms with Crippen LogP contribution in [0.1, 0.15) is 26.2 Å². The van der Waals surface area contributed by atoms with Crippen molar-refractivity contribution in [2.24, 2.45) is 0 Å². The first-order chi connectivity index (χ1) is 9.70. The average Bonchev–Trinajstić information content (AvgIpc) is 2.48. The van der Waals surface area contributed by atoms with Crippen LogP contribution in [0.25, 0.3) is 0 Å². The van der Waals surface area contributed by atoms with E-state index in [2.05, 4.69) is 20.6 Å². The molecule has 110 valence electrons. The van der Waals surface area contributed by atoms with Crippen molar-refractivity contribution in [1.29, 1.82) is 0 Å². The summed E-state index contributed by atoms with van der Waals surface area (Å²) in [4.78, 5) is 22.2. The van der Waals surface area contributed by atoms with Crippen LogP contribution in [0.5, 0.6) is 0 Å². The Bertz CT molecular complexity index is 462. The van der Waals surface area contributed by atoms with Gasteiger partial charge in [0.15, 0.2) is 5.82 Å². The molecule has 0 unspecified atom stereocenters. The summed E-state index contributed by atoms with van der Waals surface area (Å²) in [5.41, 5.74) is 0. The van der Waals surface area contributed by atoms with E-state index in [1.807, 2.05) is 11.8 Å². The van der Waals surface area contributed by atoms with Crippen molar-refractivity contribution in [2.75, 3.05) is 36.8 Å². The second kappa shape index (κ2) is 7.28. The van der Waals surface area contributed by atoms with Gasteiger partial charge in [-0.25, -0.2) is 4.98 Å². The van der Waals surface area contributed by atoms with Crippen molar-refractivity contribution in [1.82, 2.24) is 14.9 Å². The minimum Gasteiger partial charge on any atom is -0.360 e. The molecule has 1 aliphatic heterocycles. The molecular weight excluding hydrogens is 278 g/mol. The van der Waals surface area contributed by atoms with Crippen LogP contribution in [-0.4, -0.2) is 47.0 Å². The fourth-order valence-corrected chi connectivity index (χ4v) is 2.31. The van der Waals surface area contributed by atoms with Crippen LogP contribution in [0, 0.1) is 0 Å². The van der Waals surface area contributed by atoms with Gasteiger partial charge in [-0.1, -0.05) is 11.6 Å². The standard InChI is InChI=1S/C13H20ClN5O/c1-2-15-13-17-8-10(14)12(18-13)16-9-11(20)19-6-4-3-5-7-19/h8H,2-7,9H2,1H3,(H2,15,16,17,18). The maximum atomic E-state index is 12.1. The lowest BCUT2D eigenvalue weighted by molar-refractivity contribution is -0.130. The molecule has 1 aromatic rings. The maximum Gasteiger partial charge on any atom is 0.241 e. The molecule has 20 heavy (non-hydrogen) atoms. The highest BCUT2D eigenvalue weighted by atomic mass is 35.5. The van der Waals surface area contributed by atoms with E-state index in [1.165, 1.54) is 12.6 Å². The predicted molar refractivity (Wildman–Crippen MR) is 80.1 cm³/mol. The number of halogens is 1. The van der Waals surface area contributed by atoms with Gasteiger partial charge in [-0.15, -0.1) is 0 Å². The second-order valence-electron chi connectivity index (χ2n) is 4.72. The van der Waals surface area contributed by atoms with Gasteiger partial charge in [-0.05, 0) is 26.2 Å². The van der Waals surface area contributed by atoms with Gasteiger partial charge in [0.05, 0.1) is 12.7 Å². The third-order valence-corrected chi connectivity index (χ3v) is 3.47. The van der Waals surface area contributed by atoms with Crippen molar-refractivity contribution in [3.05, 3.63) is 11.2 Å². The Labute approximate surface area is 123 Å². The van der Waals surface area contributed by atoms with E-state index in [4.69, 9.17) is 11.6 Å². The normalized spacial score (nSPS) is 15.0. The lowest BCUT2D eigenvalue weighted by Crippen LogP contribution is -2.39. The Kier molecular flexibility index (Phi) is 5.40. The molecule has 2 heterocycles. The Morgan fingerprint density at radius 2 is 2.10 bits per heavy atom. The first-order valence-electron chi connectivity index (χ1n) is 6.98. The highest BCUT2D eigenvalue weighted by Crippen LogP contribution is 2.19. The number of piperidine rings is 1. The fraction of sp³-hybridized carbons (Fsp3) is 0.615. The number of rotatable bonds is 5. The molecule has 0 aromatic carbocycles. The molecule has 2 N–H and O–H groups in total. The zero-order chi connectivity index (χ0) is 14.4. The minimum atomic E-state index is 0.0874. The van der Waals surface area contributed by atoms with E-state index in [-0.39, 0.29) is 12.5 Å². The van der Waals surface area contributed by atoms with Gasteiger partial charge in [0, 0.05) is 19.6 Å². The molecular formula is C13H20ClN5O. The van der Waals surface area contributed by atoms with Crippen LogP contribution in [0.4, 0.5) is 11.8 Å². The lowest BCUT2D eigenvalue weighted by atomic mass is 10.1. The van der Waals surface area contributed by atoms with Gasteiger partial charge in [0.2, 0.25) is 11.9 Å². The SMILES string of the molecule is CCNc1ncc(Cl)c(NCC(=O)N2CCCCC2)n1. The predicted octanol–water partition coefficient (Wildman–Crippen LogP) is 1.99. The van der Waals surface area contributed by atoms with Crippen molar-refractivity contribution in [3.63, 3.8) is 0 Å². The number of nitrogens with zero attached hydrogens (tertiary/aromatic N) is 3. The number of nitrogens with one attached hydrogen (secondary N) is 2. The summed E-state index contributed by atoms with van der Waals surface area (Å²) >= 11 is 6.03. The molecule has 0 spiro atoms. The first kappa shape index (κ1) is 14.8. The summed E-state index contributed by atoms with van der Waals surface area (Å²) in [6, 6.07) is 0. The van der Waals surface area contributed by atoms with Gasteiger partial charge in [0.25, 0.3) is 0 Å². The van der Waals surface area contributed by atoms with Gasteiger partial charge in [-0.3, -0.25) is 4.79 Å². The van der Waals surface area contributed by atoms with Crippen LogP contribution in [-0.2, 0) is 4.79 Å². The summed E-state index contributed by atoms with van der Waals surface area (Å²) in [5.74, 6) is 1.08. The van der Waals surface area contributed by atoms with Crippen molar-refractivity contribution in [2.45, 2.75) is 26.2 Å². The second-order valence-corrected chi connectivity index (χ2v) is 5.12. The third-order valence-electron chi connectivity index (χ3n) is 3.19. The number of carbonyl (C=O) groups is 1. The summed E-state index contributed by atoms with van der Waals surface area (Å²) in [7, 11) is 0. The number of hydrogen-bond acceptors (Lipinski definition) is 5. The van der Waals surface area contributed by atoms with Gasteiger partial charge < -0.3 is 15.5 Å². The highest BCUT2D eigenvalue weighted by Gasteiger charge is 2.16. The monoisotopic (exact) mass is 297 g/mol. The molecule has 1 fully saturated rings. The number of amides is 1. The molecule has 7 heteroatoms. The Morgan fingerprint density at radius 1 is 1.35 bits per heavy atom. The molecule has 0 radical (unpaired) electrons. The van der Waals surface area contributed by atoms with E-state index in [0.29, 0.717) is 16.8 Å². The Hall–Kier alpha value is -1.56. The maximum absolute atomic E-state index is 12.1. The molecule has 2 rings (SSSR count). The average molecular weight is 298 g/mol. The van der Waals surface area contributed by atoms with E-state index in [0.717, 1.165) is 32.5 Å². The Morgan fingerprint density at radius 3 is 2.80 bits per heavy atom. The number of hydrogen-bond donors (Lipinski definition) is 2. The molecule has 0 aliphatic carbocycles. The molecule has 1 aliphatic rings.